The molecule has 37 heavy (non-hydrogen) atoms. The maximum Gasteiger partial charge on any atom is 0.244 e. The fourth-order valence-corrected chi connectivity index (χ4v) is 5.00. The van der Waals surface area contributed by atoms with Crippen molar-refractivity contribution in [1.29, 1.82) is 0 Å². The summed E-state index contributed by atoms with van der Waals surface area (Å²) in [4.78, 5) is 28.6. The molecule has 3 rings (SSSR count). The topological polar surface area (TPSA) is 86.8 Å². The van der Waals surface area contributed by atoms with Gasteiger partial charge in [0.2, 0.25) is 21.8 Å². The molecule has 0 fully saturated rings. The number of anilines is 1. The molecule has 0 aromatic heterocycles. The largest absolute Gasteiger partial charge is 0.355 e. The molecule has 0 aliphatic heterocycles. The van der Waals surface area contributed by atoms with E-state index in [2.05, 4.69) is 5.32 Å². The number of halogens is 1. The fourth-order valence-electron chi connectivity index (χ4n) is 4.03. The van der Waals surface area contributed by atoms with Crippen LogP contribution < -0.4 is 9.62 Å². The molecule has 0 aliphatic carbocycles. The predicted molar refractivity (Wildman–Crippen MR) is 148 cm³/mol. The van der Waals surface area contributed by atoms with E-state index < -0.39 is 28.5 Å². The Labute approximate surface area is 224 Å². The molecule has 2 amide bonds. The molecule has 0 spiro atoms. The van der Waals surface area contributed by atoms with E-state index in [1.165, 1.54) is 4.90 Å². The van der Waals surface area contributed by atoms with Crippen molar-refractivity contribution >= 4 is 39.1 Å². The number of likely N-dealkylation sites (N-methyl/N-ethyl adjacent to an activating group) is 1. The average molecular weight is 542 g/mol. The van der Waals surface area contributed by atoms with Crippen molar-refractivity contribution in [1.82, 2.24) is 10.2 Å². The number of hydrogen-bond acceptors (Lipinski definition) is 4. The molecule has 0 heterocycles. The number of carbonyl (C=O) groups excluding carboxylic acids is 2. The van der Waals surface area contributed by atoms with Gasteiger partial charge in [0, 0.05) is 24.5 Å². The van der Waals surface area contributed by atoms with Crippen molar-refractivity contribution in [3.63, 3.8) is 0 Å². The van der Waals surface area contributed by atoms with Gasteiger partial charge in [-0.15, -0.1) is 0 Å². The third-order valence-corrected chi connectivity index (χ3v) is 7.25. The first kappa shape index (κ1) is 28.2. The first-order chi connectivity index (χ1) is 17.6. The van der Waals surface area contributed by atoms with Crippen LogP contribution in [0.4, 0.5) is 5.69 Å². The Kier molecular flexibility index (Phi) is 9.72. The van der Waals surface area contributed by atoms with Crippen LogP contribution in [0.5, 0.6) is 0 Å². The third-order valence-electron chi connectivity index (χ3n) is 5.86. The van der Waals surface area contributed by atoms with E-state index in [-0.39, 0.29) is 18.9 Å². The van der Waals surface area contributed by atoms with E-state index in [4.69, 9.17) is 11.6 Å². The molecular weight excluding hydrogens is 510 g/mol. The summed E-state index contributed by atoms with van der Waals surface area (Å²) in [6, 6.07) is 22.5. The summed E-state index contributed by atoms with van der Waals surface area (Å²) < 4.78 is 26.6. The Bertz CT molecular complexity index is 1310. The summed E-state index contributed by atoms with van der Waals surface area (Å²) >= 11 is 6.05. The molecule has 1 N–H and O–H groups in total. The molecule has 0 bridgehead atoms. The van der Waals surface area contributed by atoms with E-state index in [1.54, 1.807) is 42.5 Å². The number of benzene rings is 3. The molecule has 3 aromatic carbocycles. The maximum atomic E-state index is 13.9. The van der Waals surface area contributed by atoms with E-state index in [1.807, 2.05) is 50.2 Å². The van der Waals surface area contributed by atoms with E-state index in [9.17, 15) is 18.0 Å². The van der Waals surface area contributed by atoms with Gasteiger partial charge in [-0.05, 0) is 54.8 Å². The van der Waals surface area contributed by atoms with Gasteiger partial charge in [0.1, 0.15) is 12.6 Å². The van der Waals surface area contributed by atoms with Crippen molar-refractivity contribution in [2.75, 3.05) is 23.7 Å². The number of amides is 2. The minimum Gasteiger partial charge on any atom is -0.355 e. The number of aryl methyl sites for hydroxylation is 1. The zero-order chi connectivity index (χ0) is 27.0. The van der Waals surface area contributed by atoms with E-state index in [0.717, 1.165) is 27.3 Å². The Hall–Kier alpha value is -3.36. The zero-order valence-corrected chi connectivity index (χ0v) is 22.8. The second-order valence-corrected chi connectivity index (χ2v) is 11.2. The lowest BCUT2D eigenvalue weighted by atomic mass is 10.0. The van der Waals surface area contributed by atoms with Gasteiger partial charge in [-0.25, -0.2) is 8.42 Å². The Morgan fingerprint density at radius 1 is 0.946 bits per heavy atom. The lowest BCUT2D eigenvalue weighted by molar-refractivity contribution is -0.140. The predicted octanol–water partition coefficient (Wildman–Crippen LogP) is 4.19. The molecule has 3 aromatic rings. The van der Waals surface area contributed by atoms with Gasteiger partial charge < -0.3 is 10.2 Å². The molecular formula is C28H32ClN3O4S. The second-order valence-electron chi connectivity index (χ2n) is 8.86. The van der Waals surface area contributed by atoms with Crippen LogP contribution >= 0.6 is 11.6 Å². The summed E-state index contributed by atoms with van der Waals surface area (Å²) in [5.74, 6) is -0.802. The highest BCUT2D eigenvalue weighted by atomic mass is 35.5. The number of nitrogens with zero attached hydrogens (tertiary/aromatic N) is 2. The molecule has 7 nitrogen and oxygen atoms in total. The van der Waals surface area contributed by atoms with Crippen LogP contribution in [0.2, 0.25) is 5.02 Å². The van der Waals surface area contributed by atoms with Gasteiger partial charge in [-0.1, -0.05) is 66.2 Å². The van der Waals surface area contributed by atoms with E-state index in [0.29, 0.717) is 17.3 Å². The number of hydrogen-bond donors (Lipinski definition) is 1. The van der Waals surface area contributed by atoms with Crippen molar-refractivity contribution in [3.8, 4) is 0 Å². The van der Waals surface area contributed by atoms with Crippen LogP contribution in [0.1, 0.15) is 23.6 Å². The molecule has 0 radical (unpaired) electrons. The Balaban J connectivity index is 2.03. The van der Waals surface area contributed by atoms with Crippen LogP contribution in [0.15, 0.2) is 78.9 Å². The number of rotatable bonds is 11. The van der Waals surface area contributed by atoms with Gasteiger partial charge >= 0.3 is 0 Å². The SMILES string of the molecule is CCNC(=O)[C@H](Cc1ccccc1)N(Cc1ccc(Cl)cc1)C(=O)CN(c1cccc(C)c1)S(C)(=O)=O. The van der Waals surface area contributed by atoms with Gasteiger partial charge in [0.25, 0.3) is 0 Å². The van der Waals surface area contributed by atoms with Crippen molar-refractivity contribution in [2.45, 2.75) is 32.9 Å². The third kappa shape index (κ3) is 8.06. The fraction of sp³-hybridized carbons (Fsp3) is 0.286. The smallest absolute Gasteiger partial charge is 0.244 e. The van der Waals surface area contributed by atoms with Gasteiger partial charge in [-0.2, -0.15) is 0 Å². The van der Waals surface area contributed by atoms with Gasteiger partial charge in [0.15, 0.2) is 0 Å². The number of sulfonamides is 1. The molecule has 196 valence electrons. The summed E-state index contributed by atoms with van der Waals surface area (Å²) in [5, 5.41) is 3.38. The van der Waals surface area contributed by atoms with Crippen molar-refractivity contribution < 1.29 is 18.0 Å². The minimum absolute atomic E-state index is 0.107. The lowest BCUT2D eigenvalue weighted by Crippen LogP contribution is -2.53. The van der Waals surface area contributed by atoms with Crippen molar-refractivity contribution in [2.24, 2.45) is 0 Å². The Morgan fingerprint density at radius 3 is 2.22 bits per heavy atom. The molecule has 0 saturated carbocycles. The standard InChI is InChI=1S/C28H32ClN3O4S/c1-4-30-28(34)26(18-22-10-6-5-7-11-22)31(19-23-13-15-24(29)16-14-23)27(33)20-32(37(3,35)36)25-12-8-9-21(2)17-25/h5-17,26H,4,18-20H2,1-3H3,(H,30,34)/t26-/m0/s1. The highest BCUT2D eigenvalue weighted by Gasteiger charge is 2.32. The molecule has 9 heteroatoms. The zero-order valence-electron chi connectivity index (χ0n) is 21.2. The second kappa shape index (κ2) is 12.7. The summed E-state index contributed by atoms with van der Waals surface area (Å²) in [5.41, 5.74) is 2.90. The molecule has 0 unspecified atom stereocenters. The minimum atomic E-state index is -3.79. The lowest BCUT2D eigenvalue weighted by Gasteiger charge is -2.33. The van der Waals surface area contributed by atoms with Crippen LogP contribution in [0.25, 0.3) is 0 Å². The normalized spacial score (nSPS) is 12.0. The van der Waals surface area contributed by atoms with Crippen LogP contribution in [-0.4, -0.2) is 50.5 Å². The molecule has 1 atom stereocenters. The highest BCUT2D eigenvalue weighted by molar-refractivity contribution is 7.92. The summed E-state index contributed by atoms with van der Waals surface area (Å²) in [6.07, 6.45) is 1.34. The van der Waals surface area contributed by atoms with Crippen LogP contribution in [-0.2, 0) is 32.6 Å². The average Bonchev–Trinajstić information content (AvgIpc) is 2.85. The Morgan fingerprint density at radius 2 is 1.62 bits per heavy atom. The first-order valence-electron chi connectivity index (χ1n) is 12.0. The number of nitrogens with one attached hydrogen (secondary N) is 1. The summed E-state index contributed by atoms with van der Waals surface area (Å²) in [7, 11) is -3.79. The van der Waals surface area contributed by atoms with Crippen molar-refractivity contribution in [3.05, 3.63) is 101 Å². The van der Waals surface area contributed by atoms with Gasteiger partial charge in [-0.3, -0.25) is 13.9 Å². The summed E-state index contributed by atoms with van der Waals surface area (Å²) in [6.45, 7) is 3.72. The van der Waals surface area contributed by atoms with E-state index >= 15 is 0 Å². The molecule has 0 saturated heterocycles. The van der Waals surface area contributed by atoms with Crippen LogP contribution in [0, 0.1) is 6.92 Å². The van der Waals surface area contributed by atoms with Gasteiger partial charge in [0.05, 0.1) is 11.9 Å². The quantitative estimate of drug-likeness (QED) is 0.394. The molecule has 0 aliphatic rings. The monoisotopic (exact) mass is 541 g/mol. The highest BCUT2D eigenvalue weighted by Crippen LogP contribution is 2.21. The van der Waals surface area contributed by atoms with Crippen LogP contribution in [0.3, 0.4) is 0 Å². The number of carbonyl (C=O) groups is 2. The first-order valence-corrected chi connectivity index (χ1v) is 14.2. The maximum absolute atomic E-state index is 13.9.